The van der Waals surface area contributed by atoms with Crippen LogP contribution in [-0.4, -0.2) is 40.6 Å². The van der Waals surface area contributed by atoms with Crippen molar-refractivity contribution >= 4 is 5.65 Å². The topological polar surface area (TPSA) is 65.2 Å². The monoisotopic (exact) mass is 306 g/mol. The van der Waals surface area contributed by atoms with Crippen molar-refractivity contribution in [3.05, 3.63) is 35.8 Å². The number of imidazole rings is 1. The minimum Gasteiger partial charge on any atom is -0.390 e. The lowest BCUT2D eigenvalue weighted by Crippen LogP contribution is -2.23. The van der Waals surface area contributed by atoms with Gasteiger partial charge in [0, 0.05) is 12.8 Å². The van der Waals surface area contributed by atoms with E-state index < -0.39 is 0 Å². The Hall–Kier alpha value is -1.47. The lowest BCUT2D eigenvalue weighted by atomic mass is 10.2. The van der Waals surface area contributed by atoms with E-state index in [0.717, 1.165) is 36.4 Å². The van der Waals surface area contributed by atoms with E-state index in [1.165, 1.54) is 6.42 Å². The summed E-state index contributed by atoms with van der Waals surface area (Å²) in [6.07, 6.45) is 6.80. The summed E-state index contributed by atoms with van der Waals surface area (Å²) < 4.78 is 18.6. The number of hydrogen-bond acceptors (Lipinski definition) is 5. The summed E-state index contributed by atoms with van der Waals surface area (Å²) in [6.45, 7) is 2.39. The molecule has 1 saturated heterocycles. The summed E-state index contributed by atoms with van der Waals surface area (Å²) in [6, 6.07) is 3.93. The molecule has 22 heavy (non-hydrogen) atoms. The van der Waals surface area contributed by atoms with Crippen LogP contribution in [0.2, 0.25) is 0 Å². The van der Waals surface area contributed by atoms with Crippen LogP contribution >= 0.6 is 0 Å². The van der Waals surface area contributed by atoms with Crippen LogP contribution in [0.15, 0.2) is 24.5 Å². The maximum atomic E-state index is 9.19. The lowest BCUT2D eigenvalue weighted by Gasteiger charge is -2.22. The molecule has 0 radical (unpaired) electrons. The van der Waals surface area contributed by atoms with Crippen LogP contribution in [0.4, 0.5) is 0 Å². The van der Waals surface area contributed by atoms with Gasteiger partial charge in [0.15, 0.2) is 6.29 Å². The Kier molecular flexibility index (Phi) is 5.39. The van der Waals surface area contributed by atoms with Crippen molar-refractivity contribution < 1.29 is 19.3 Å². The number of rotatable bonds is 7. The molecule has 1 N–H and O–H groups in total. The van der Waals surface area contributed by atoms with Gasteiger partial charge in [-0.1, -0.05) is 0 Å². The Morgan fingerprint density at radius 1 is 1.36 bits per heavy atom. The van der Waals surface area contributed by atoms with Crippen molar-refractivity contribution in [1.29, 1.82) is 0 Å². The largest absolute Gasteiger partial charge is 0.390 e. The standard InChI is InChI=1S/C16H22N2O4/c19-11-14-10-17-15-9-13(4-5-18(14)15)12-20-7-8-22-16-3-1-2-6-21-16/h4-5,9-10,16,19H,1-3,6-8,11-12H2. The fourth-order valence-electron chi connectivity index (χ4n) is 2.55. The van der Waals surface area contributed by atoms with Gasteiger partial charge in [-0.25, -0.2) is 4.98 Å². The number of aliphatic hydroxyl groups excluding tert-OH is 1. The second kappa shape index (κ2) is 7.69. The maximum absolute atomic E-state index is 9.19. The number of nitrogens with zero attached hydrogens (tertiary/aromatic N) is 2. The molecule has 0 saturated carbocycles. The van der Waals surface area contributed by atoms with Gasteiger partial charge in [0.2, 0.25) is 0 Å². The SMILES string of the molecule is OCc1cnc2cc(COCCOC3CCCCO3)ccn12. The van der Waals surface area contributed by atoms with Crippen molar-refractivity contribution in [2.75, 3.05) is 19.8 Å². The van der Waals surface area contributed by atoms with Crippen LogP contribution < -0.4 is 0 Å². The van der Waals surface area contributed by atoms with E-state index in [0.29, 0.717) is 19.8 Å². The maximum Gasteiger partial charge on any atom is 0.157 e. The predicted octanol–water partition coefficient (Wildman–Crippen LogP) is 1.89. The van der Waals surface area contributed by atoms with E-state index in [1.807, 2.05) is 22.7 Å². The summed E-state index contributed by atoms with van der Waals surface area (Å²) in [5.41, 5.74) is 2.65. The Bertz CT molecular complexity index is 593. The van der Waals surface area contributed by atoms with Gasteiger partial charge in [-0.2, -0.15) is 0 Å². The molecule has 0 spiro atoms. The third-order valence-corrected chi connectivity index (χ3v) is 3.75. The number of aliphatic hydroxyl groups is 1. The Balaban J connectivity index is 1.41. The molecule has 2 aromatic rings. The summed E-state index contributed by atoms with van der Waals surface area (Å²) in [7, 11) is 0. The second-order valence-electron chi connectivity index (χ2n) is 5.39. The average molecular weight is 306 g/mol. The molecule has 2 aromatic heterocycles. The minimum absolute atomic E-state index is 0.0163. The average Bonchev–Trinajstić information content (AvgIpc) is 2.98. The molecule has 1 atom stereocenters. The number of hydrogen-bond donors (Lipinski definition) is 1. The fraction of sp³-hybridized carbons (Fsp3) is 0.562. The molecule has 1 aliphatic rings. The molecule has 3 heterocycles. The summed E-state index contributed by atoms with van der Waals surface area (Å²) in [5.74, 6) is 0. The predicted molar refractivity (Wildman–Crippen MR) is 80.3 cm³/mol. The normalized spacial score (nSPS) is 18.9. The van der Waals surface area contributed by atoms with E-state index in [9.17, 15) is 5.11 Å². The van der Waals surface area contributed by atoms with Gasteiger partial charge in [-0.05, 0) is 37.0 Å². The van der Waals surface area contributed by atoms with Crippen LogP contribution in [0.3, 0.4) is 0 Å². The van der Waals surface area contributed by atoms with Gasteiger partial charge in [-0.15, -0.1) is 0 Å². The first kappa shape index (κ1) is 15.4. The highest BCUT2D eigenvalue weighted by molar-refractivity contribution is 5.43. The molecule has 120 valence electrons. The van der Waals surface area contributed by atoms with Crippen LogP contribution in [-0.2, 0) is 27.4 Å². The van der Waals surface area contributed by atoms with E-state index in [4.69, 9.17) is 14.2 Å². The minimum atomic E-state index is -0.0597. The van der Waals surface area contributed by atoms with Crippen molar-refractivity contribution in [3.8, 4) is 0 Å². The molecule has 3 rings (SSSR count). The van der Waals surface area contributed by atoms with E-state index >= 15 is 0 Å². The van der Waals surface area contributed by atoms with Gasteiger partial charge in [-0.3, -0.25) is 0 Å². The quantitative estimate of drug-likeness (QED) is 0.791. The molecule has 6 nitrogen and oxygen atoms in total. The van der Waals surface area contributed by atoms with Gasteiger partial charge in [0.25, 0.3) is 0 Å². The van der Waals surface area contributed by atoms with Gasteiger partial charge < -0.3 is 23.7 Å². The highest BCUT2D eigenvalue weighted by atomic mass is 16.7. The molecule has 0 aliphatic carbocycles. The fourth-order valence-corrected chi connectivity index (χ4v) is 2.55. The van der Waals surface area contributed by atoms with Crippen molar-refractivity contribution in [2.24, 2.45) is 0 Å². The van der Waals surface area contributed by atoms with E-state index in [-0.39, 0.29) is 12.9 Å². The zero-order valence-electron chi connectivity index (χ0n) is 12.6. The first-order valence-corrected chi connectivity index (χ1v) is 7.73. The van der Waals surface area contributed by atoms with Gasteiger partial charge in [0.05, 0.1) is 38.3 Å². The van der Waals surface area contributed by atoms with Crippen LogP contribution in [0, 0.1) is 0 Å². The highest BCUT2D eigenvalue weighted by Gasteiger charge is 2.13. The summed E-state index contributed by atoms with van der Waals surface area (Å²) in [4.78, 5) is 4.26. The van der Waals surface area contributed by atoms with Crippen molar-refractivity contribution in [3.63, 3.8) is 0 Å². The van der Waals surface area contributed by atoms with Crippen molar-refractivity contribution in [1.82, 2.24) is 9.38 Å². The molecule has 0 amide bonds. The molecule has 1 aliphatic heterocycles. The zero-order valence-corrected chi connectivity index (χ0v) is 12.6. The molecule has 0 aromatic carbocycles. The summed E-state index contributed by atoms with van der Waals surface area (Å²) >= 11 is 0. The third kappa shape index (κ3) is 3.84. The van der Waals surface area contributed by atoms with Gasteiger partial charge in [0.1, 0.15) is 5.65 Å². The first-order chi connectivity index (χ1) is 10.9. The second-order valence-corrected chi connectivity index (χ2v) is 5.39. The highest BCUT2D eigenvalue weighted by Crippen LogP contribution is 2.14. The van der Waals surface area contributed by atoms with E-state index in [2.05, 4.69) is 4.98 Å². The van der Waals surface area contributed by atoms with Crippen LogP contribution in [0.5, 0.6) is 0 Å². The third-order valence-electron chi connectivity index (χ3n) is 3.75. The Morgan fingerprint density at radius 2 is 2.32 bits per heavy atom. The molecular weight excluding hydrogens is 284 g/mol. The number of aromatic nitrogens is 2. The molecule has 6 heteroatoms. The molecular formula is C16H22N2O4. The van der Waals surface area contributed by atoms with Crippen molar-refractivity contribution in [2.45, 2.75) is 38.8 Å². The Morgan fingerprint density at radius 3 is 3.14 bits per heavy atom. The number of pyridine rings is 1. The smallest absolute Gasteiger partial charge is 0.157 e. The molecule has 0 bridgehead atoms. The van der Waals surface area contributed by atoms with Crippen LogP contribution in [0.25, 0.3) is 5.65 Å². The first-order valence-electron chi connectivity index (χ1n) is 7.73. The lowest BCUT2D eigenvalue weighted by molar-refractivity contribution is -0.169. The number of fused-ring (bicyclic) bond motifs is 1. The number of ether oxygens (including phenoxy) is 3. The van der Waals surface area contributed by atoms with Gasteiger partial charge >= 0.3 is 0 Å². The zero-order chi connectivity index (χ0) is 15.2. The molecule has 1 unspecified atom stereocenters. The summed E-state index contributed by atoms with van der Waals surface area (Å²) in [5, 5.41) is 9.19. The van der Waals surface area contributed by atoms with E-state index in [1.54, 1.807) is 6.20 Å². The molecule has 1 fully saturated rings. The Labute approximate surface area is 129 Å². The van der Waals surface area contributed by atoms with Crippen LogP contribution in [0.1, 0.15) is 30.5 Å².